The molecule has 6 aromatic carbocycles. The average molecular weight is 479 g/mol. The molecule has 6 aromatic rings. The maximum absolute atomic E-state index is 6.75. The number of hydrogen-bond donors (Lipinski definition) is 0. The molecule has 3 heteroatoms. The Bertz CT molecular complexity index is 1700. The lowest BCUT2D eigenvalue weighted by Gasteiger charge is -2.35. The van der Waals surface area contributed by atoms with Crippen LogP contribution in [0.4, 0.5) is 0 Å². The smallest absolute Gasteiger partial charge is 0.230 e. The second-order valence-corrected chi connectivity index (χ2v) is 9.53. The van der Waals surface area contributed by atoms with Gasteiger partial charge in [0.05, 0.1) is 0 Å². The van der Waals surface area contributed by atoms with E-state index in [1.807, 2.05) is 24.3 Å². The molecule has 0 radical (unpaired) electrons. The fraction of sp³-hybridized carbons (Fsp3) is 0.0588. The zero-order chi connectivity index (χ0) is 24.3. The lowest BCUT2D eigenvalue weighted by Crippen LogP contribution is -2.24. The van der Waals surface area contributed by atoms with Gasteiger partial charge in [-0.25, -0.2) is 0 Å². The second-order valence-electron chi connectivity index (χ2n) is 9.53. The molecule has 0 saturated carbocycles. The van der Waals surface area contributed by atoms with Crippen molar-refractivity contribution in [3.05, 3.63) is 132 Å². The van der Waals surface area contributed by atoms with Crippen LogP contribution in [0.2, 0.25) is 0 Å². The molecule has 0 N–H and O–H groups in total. The Morgan fingerprint density at radius 3 is 1.38 bits per heavy atom. The molecule has 3 nitrogen and oxygen atoms in total. The van der Waals surface area contributed by atoms with Crippen molar-refractivity contribution in [2.45, 2.75) is 12.6 Å². The van der Waals surface area contributed by atoms with E-state index in [1.165, 1.54) is 21.5 Å². The van der Waals surface area contributed by atoms with E-state index in [0.717, 1.165) is 44.9 Å². The fourth-order valence-electron chi connectivity index (χ4n) is 5.79. The van der Waals surface area contributed by atoms with Gasteiger partial charge in [0.2, 0.25) is 12.6 Å². The predicted octanol–water partition coefficient (Wildman–Crippen LogP) is 8.83. The van der Waals surface area contributed by atoms with Crippen LogP contribution in [0.5, 0.6) is 11.5 Å². The molecule has 37 heavy (non-hydrogen) atoms. The lowest BCUT2D eigenvalue weighted by atomic mass is 9.90. The van der Waals surface area contributed by atoms with Crippen LogP contribution in [0, 0.1) is 0 Å². The molecule has 2 atom stereocenters. The van der Waals surface area contributed by atoms with Crippen molar-refractivity contribution in [3.63, 3.8) is 0 Å². The van der Waals surface area contributed by atoms with Crippen LogP contribution < -0.4 is 9.47 Å². The van der Waals surface area contributed by atoms with Crippen molar-refractivity contribution >= 4 is 21.5 Å². The van der Waals surface area contributed by atoms with Crippen molar-refractivity contribution in [2.75, 3.05) is 0 Å². The minimum Gasteiger partial charge on any atom is -0.460 e. The van der Waals surface area contributed by atoms with Crippen molar-refractivity contribution in [1.29, 1.82) is 0 Å². The number of hydrogen-bond acceptors (Lipinski definition) is 3. The molecule has 2 heterocycles. The molecule has 0 bridgehead atoms. The molecular formula is C34H22O3. The van der Waals surface area contributed by atoms with Crippen LogP contribution in [0.1, 0.15) is 23.7 Å². The summed E-state index contributed by atoms with van der Waals surface area (Å²) in [5.41, 5.74) is 6.47. The van der Waals surface area contributed by atoms with E-state index < -0.39 is 12.6 Å². The first-order valence-corrected chi connectivity index (χ1v) is 12.6. The highest BCUT2D eigenvalue weighted by molar-refractivity contribution is 6.01. The third-order valence-electron chi connectivity index (χ3n) is 7.46. The SMILES string of the molecule is c1ccc2c(c1)OC(OC1Oc3ccccc3-c3c1ccc1ccccc31)c1ccc3ccccc3c1-2. The summed E-state index contributed by atoms with van der Waals surface area (Å²) < 4.78 is 19.7. The Hall–Kier alpha value is -4.60. The lowest BCUT2D eigenvalue weighted by molar-refractivity contribution is -0.194. The van der Waals surface area contributed by atoms with Gasteiger partial charge < -0.3 is 9.47 Å². The standard InChI is InChI=1S/C34H22O3/c1-3-11-23-21(9-1)17-19-27-31(23)25-13-5-7-15-29(25)35-33(27)37-34-28-20-18-22-10-2-4-12-24(22)32(28)26-14-6-8-16-30(26)36-34/h1-20,33-34H. The molecular weight excluding hydrogens is 456 g/mol. The number of fused-ring (bicyclic) bond motifs is 10. The van der Waals surface area contributed by atoms with E-state index in [-0.39, 0.29) is 0 Å². The monoisotopic (exact) mass is 478 g/mol. The summed E-state index contributed by atoms with van der Waals surface area (Å²) in [5, 5.41) is 4.75. The number of rotatable bonds is 2. The highest BCUT2D eigenvalue weighted by Gasteiger charge is 2.35. The van der Waals surface area contributed by atoms with Gasteiger partial charge in [-0.3, -0.25) is 4.74 Å². The van der Waals surface area contributed by atoms with Crippen molar-refractivity contribution in [2.24, 2.45) is 0 Å². The molecule has 0 amide bonds. The molecule has 0 fully saturated rings. The van der Waals surface area contributed by atoms with Gasteiger partial charge in [0.25, 0.3) is 0 Å². The zero-order valence-corrected chi connectivity index (χ0v) is 19.9. The van der Waals surface area contributed by atoms with Gasteiger partial charge in [0.15, 0.2) is 0 Å². The molecule has 176 valence electrons. The van der Waals surface area contributed by atoms with Crippen LogP contribution in [0.3, 0.4) is 0 Å². The van der Waals surface area contributed by atoms with E-state index in [9.17, 15) is 0 Å². The Kier molecular flexibility index (Phi) is 4.42. The van der Waals surface area contributed by atoms with E-state index in [0.29, 0.717) is 0 Å². The Labute approximate surface area is 214 Å². The van der Waals surface area contributed by atoms with Gasteiger partial charge >= 0.3 is 0 Å². The highest BCUT2D eigenvalue weighted by Crippen LogP contribution is 2.50. The normalized spacial score (nSPS) is 17.2. The molecule has 8 rings (SSSR count). The average Bonchev–Trinajstić information content (AvgIpc) is 2.96. The van der Waals surface area contributed by atoms with Crippen LogP contribution in [0.25, 0.3) is 43.8 Å². The number of para-hydroxylation sites is 2. The number of ether oxygens (including phenoxy) is 3. The van der Waals surface area contributed by atoms with E-state index in [2.05, 4.69) is 97.1 Å². The van der Waals surface area contributed by atoms with Gasteiger partial charge in [-0.1, -0.05) is 109 Å². The molecule has 0 aliphatic carbocycles. The van der Waals surface area contributed by atoms with Crippen LogP contribution >= 0.6 is 0 Å². The third kappa shape index (κ3) is 3.11. The highest BCUT2D eigenvalue weighted by atomic mass is 16.8. The summed E-state index contributed by atoms with van der Waals surface area (Å²) in [7, 11) is 0. The topological polar surface area (TPSA) is 27.7 Å². The minimum atomic E-state index is -0.621. The maximum Gasteiger partial charge on any atom is 0.230 e. The van der Waals surface area contributed by atoms with Crippen molar-refractivity contribution in [3.8, 4) is 33.8 Å². The second kappa shape index (κ2) is 7.95. The van der Waals surface area contributed by atoms with Gasteiger partial charge in [0.1, 0.15) is 11.5 Å². The van der Waals surface area contributed by atoms with Gasteiger partial charge in [0, 0.05) is 33.4 Å². The van der Waals surface area contributed by atoms with Gasteiger partial charge in [-0.05, 0) is 33.7 Å². The van der Waals surface area contributed by atoms with Crippen molar-refractivity contribution in [1.82, 2.24) is 0 Å². The summed E-state index contributed by atoms with van der Waals surface area (Å²) in [6.07, 6.45) is -1.24. The molecule has 0 aromatic heterocycles. The maximum atomic E-state index is 6.75. The first kappa shape index (κ1) is 20.6. The van der Waals surface area contributed by atoms with E-state index in [1.54, 1.807) is 0 Å². The first-order valence-electron chi connectivity index (χ1n) is 12.6. The van der Waals surface area contributed by atoms with Gasteiger partial charge in [-0.2, -0.15) is 0 Å². The third-order valence-corrected chi connectivity index (χ3v) is 7.46. The molecule has 2 aliphatic heterocycles. The zero-order valence-electron chi connectivity index (χ0n) is 19.9. The Morgan fingerprint density at radius 2 is 0.865 bits per heavy atom. The fourth-order valence-corrected chi connectivity index (χ4v) is 5.79. The first-order chi connectivity index (χ1) is 18.3. The van der Waals surface area contributed by atoms with Crippen molar-refractivity contribution < 1.29 is 14.2 Å². The van der Waals surface area contributed by atoms with Crippen LogP contribution in [-0.4, -0.2) is 0 Å². The summed E-state index contributed by atoms with van der Waals surface area (Å²) in [6, 6.07) is 41.8. The largest absolute Gasteiger partial charge is 0.460 e. The summed E-state index contributed by atoms with van der Waals surface area (Å²) in [5.74, 6) is 1.62. The Balaban J connectivity index is 1.29. The summed E-state index contributed by atoms with van der Waals surface area (Å²) in [4.78, 5) is 0. The summed E-state index contributed by atoms with van der Waals surface area (Å²) >= 11 is 0. The molecule has 0 spiro atoms. The molecule has 2 aliphatic rings. The molecule has 2 unspecified atom stereocenters. The summed E-state index contributed by atoms with van der Waals surface area (Å²) in [6.45, 7) is 0. The number of benzene rings is 6. The molecule has 0 saturated heterocycles. The van der Waals surface area contributed by atoms with E-state index in [4.69, 9.17) is 14.2 Å². The quantitative estimate of drug-likeness (QED) is 0.249. The Morgan fingerprint density at radius 1 is 0.432 bits per heavy atom. The van der Waals surface area contributed by atoms with Crippen LogP contribution in [-0.2, 0) is 4.74 Å². The predicted molar refractivity (Wildman–Crippen MR) is 147 cm³/mol. The van der Waals surface area contributed by atoms with E-state index >= 15 is 0 Å². The van der Waals surface area contributed by atoms with Crippen LogP contribution in [0.15, 0.2) is 121 Å². The van der Waals surface area contributed by atoms with Gasteiger partial charge in [-0.15, -0.1) is 0 Å². The minimum absolute atomic E-state index is 0.621.